The van der Waals surface area contributed by atoms with Crippen molar-refractivity contribution in [3.8, 4) is 0 Å². The van der Waals surface area contributed by atoms with E-state index >= 15 is 0 Å². The number of esters is 1. The van der Waals surface area contributed by atoms with Crippen molar-refractivity contribution in [3.05, 3.63) is 109 Å². The highest BCUT2D eigenvalue weighted by atomic mass is 35.5. The van der Waals surface area contributed by atoms with Crippen LogP contribution in [0.1, 0.15) is 33.2 Å². The fraction of sp³-hybridized carbons (Fsp3) is 0.0769. The number of rotatable bonds is 7. The number of nitro groups is 1. The molecule has 0 saturated carbocycles. The molecule has 1 heterocycles. The number of para-hydroxylation sites is 1. The average molecular weight is 536 g/mol. The van der Waals surface area contributed by atoms with Crippen LogP contribution in [0.15, 0.2) is 75.9 Å². The molecule has 4 rings (SSSR count). The molecular weight excluding hydrogens is 518 g/mol. The molecule has 0 unspecified atom stereocenters. The van der Waals surface area contributed by atoms with Crippen molar-refractivity contribution >= 4 is 57.4 Å². The van der Waals surface area contributed by atoms with Gasteiger partial charge in [0.1, 0.15) is 12.2 Å². The molecule has 0 aliphatic heterocycles. The molecule has 2 N–H and O–H groups in total. The first-order valence-electron chi connectivity index (χ1n) is 11.0. The largest absolute Gasteiger partial charge is 0.457 e. The molecule has 38 heavy (non-hydrogen) atoms. The molecule has 0 saturated heterocycles. The molecule has 0 bridgehead atoms. The lowest BCUT2D eigenvalue weighted by molar-refractivity contribution is -0.384. The Bertz CT molecular complexity index is 1660. The first-order valence-corrected chi connectivity index (χ1v) is 11.4. The first kappa shape index (κ1) is 26.0. The minimum atomic E-state index is -0.785. The van der Waals surface area contributed by atoms with Crippen LogP contribution in [-0.2, 0) is 16.1 Å². The van der Waals surface area contributed by atoms with Crippen LogP contribution in [0.2, 0.25) is 5.02 Å². The van der Waals surface area contributed by atoms with Crippen LogP contribution in [0.3, 0.4) is 0 Å². The van der Waals surface area contributed by atoms with Crippen LogP contribution in [0.4, 0.5) is 17.1 Å². The van der Waals surface area contributed by atoms with Crippen LogP contribution in [0.5, 0.6) is 0 Å². The van der Waals surface area contributed by atoms with Gasteiger partial charge in [0.15, 0.2) is 0 Å². The summed E-state index contributed by atoms with van der Waals surface area (Å²) in [5.41, 5.74) is 0.177. The fourth-order valence-electron chi connectivity index (χ4n) is 3.61. The second-order valence-electron chi connectivity index (χ2n) is 7.98. The van der Waals surface area contributed by atoms with Gasteiger partial charge in [-0.1, -0.05) is 23.7 Å². The topological polar surface area (TPSA) is 158 Å². The Hall–Kier alpha value is -5.03. The van der Waals surface area contributed by atoms with Crippen molar-refractivity contribution in [2.75, 3.05) is 10.6 Å². The normalized spacial score (nSPS) is 10.6. The van der Waals surface area contributed by atoms with Gasteiger partial charge in [0, 0.05) is 47.8 Å². The lowest BCUT2D eigenvalue weighted by Crippen LogP contribution is -2.16. The van der Waals surface area contributed by atoms with Gasteiger partial charge in [0.05, 0.1) is 26.8 Å². The molecule has 0 spiro atoms. The van der Waals surface area contributed by atoms with Crippen molar-refractivity contribution in [1.82, 2.24) is 0 Å². The third-order valence-electron chi connectivity index (χ3n) is 5.31. The van der Waals surface area contributed by atoms with Gasteiger partial charge in [-0.2, -0.15) is 0 Å². The van der Waals surface area contributed by atoms with Crippen LogP contribution in [-0.4, -0.2) is 22.7 Å². The highest BCUT2D eigenvalue weighted by molar-refractivity contribution is 6.34. The second-order valence-corrected chi connectivity index (χ2v) is 8.39. The van der Waals surface area contributed by atoms with Crippen molar-refractivity contribution in [3.63, 3.8) is 0 Å². The Morgan fingerprint density at radius 3 is 2.47 bits per heavy atom. The van der Waals surface area contributed by atoms with E-state index in [1.807, 2.05) is 0 Å². The molecule has 0 fully saturated rings. The second kappa shape index (κ2) is 10.9. The Morgan fingerprint density at radius 2 is 1.76 bits per heavy atom. The van der Waals surface area contributed by atoms with E-state index in [1.165, 1.54) is 37.3 Å². The number of benzene rings is 3. The molecule has 12 heteroatoms. The number of non-ortho nitro benzene ring substituents is 1. The molecule has 4 aromatic rings. The highest BCUT2D eigenvalue weighted by Crippen LogP contribution is 2.26. The molecule has 2 amide bonds. The zero-order chi connectivity index (χ0) is 27.4. The van der Waals surface area contributed by atoms with E-state index in [1.54, 1.807) is 24.3 Å². The van der Waals surface area contributed by atoms with Crippen LogP contribution < -0.4 is 16.3 Å². The molecule has 0 aliphatic carbocycles. The van der Waals surface area contributed by atoms with Crippen molar-refractivity contribution in [2.45, 2.75) is 13.5 Å². The standard InChI is InChI=1S/C26H18ClN3O8/c1-14(31)28-16-6-8-18-15(10-24(32)38-23(18)11-16)13-37-26(34)20-4-2-3-5-22(20)29-25(33)19-9-7-17(30(35)36)12-21(19)27/h2-12H,13H2,1H3,(H,28,31)(H,29,33). The van der Waals surface area contributed by atoms with Crippen molar-refractivity contribution in [2.24, 2.45) is 0 Å². The van der Waals surface area contributed by atoms with Gasteiger partial charge in [-0.3, -0.25) is 19.7 Å². The number of hydrogen-bond donors (Lipinski definition) is 2. The summed E-state index contributed by atoms with van der Waals surface area (Å²) >= 11 is 6.04. The lowest BCUT2D eigenvalue weighted by atomic mass is 10.1. The average Bonchev–Trinajstić information content (AvgIpc) is 2.86. The van der Waals surface area contributed by atoms with E-state index in [-0.39, 0.29) is 45.6 Å². The monoisotopic (exact) mass is 535 g/mol. The maximum absolute atomic E-state index is 12.9. The predicted molar refractivity (Wildman–Crippen MR) is 138 cm³/mol. The van der Waals surface area contributed by atoms with Crippen molar-refractivity contribution in [1.29, 1.82) is 0 Å². The van der Waals surface area contributed by atoms with Crippen LogP contribution >= 0.6 is 11.6 Å². The van der Waals surface area contributed by atoms with E-state index in [2.05, 4.69) is 10.6 Å². The number of nitrogens with one attached hydrogen (secondary N) is 2. The molecule has 0 atom stereocenters. The molecule has 3 aromatic carbocycles. The third-order valence-corrected chi connectivity index (χ3v) is 5.63. The van der Waals surface area contributed by atoms with Gasteiger partial charge in [0.2, 0.25) is 5.91 Å². The Labute approximate surface area is 219 Å². The number of anilines is 2. The summed E-state index contributed by atoms with van der Waals surface area (Å²) in [6.07, 6.45) is 0. The van der Waals surface area contributed by atoms with Gasteiger partial charge in [-0.05, 0) is 30.3 Å². The summed E-state index contributed by atoms with van der Waals surface area (Å²) in [7, 11) is 0. The number of amides is 2. The number of fused-ring (bicyclic) bond motifs is 1. The van der Waals surface area contributed by atoms with Crippen molar-refractivity contribution < 1.29 is 28.5 Å². The summed E-state index contributed by atoms with van der Waals surface area (Å²) < 4.78 is 10.6. The van der Waals surface area contributed by atoms with E-state index < -0.39 is 22.4 Å². The first-order chi connectivity index (χ1) is 18.1. The fourth-order valence-corrected chi connectivity index (χ4v) is 3.87. The number of nitrogens with zero attached hydrogens (tertiary/aromatic N) is 1. The molecule has 1 aromatic heterocycles. The zero-order valence-electron chi connectivity index (χ0n) is 19.6. The van der Waals surface area contributed by atoms with E-state index in [9.17, 15) is 29.3 Å². The summed E-state index contributed by atoms with van der Waals surface area (Å²) in [5.74, 6) is -1.77. The Morgan fingerprint density at radius 1 is 1.00 bits per heavy atom. The smallest absolute Gasteiger partial charge is 0.340 e. The maximum atomic E-state index is 12.9. The molecule has 0 radical (unpaired) electrons. The number of ether oxygens (including phenoxy) is 1. The summed E-state index contributed by atoms with van der Waals surface area (Å²) in [5, 5.41) is 16.4. The molecular formula is C26H18ClN3O8. The number of halogens is 1. The highest BCUT2D eigenvalue weighted by Gasteiger charge is 2.19. The van der Waals surface area contributed by atoms with E-state index in [4.69, 9.17) is 20.8 Å². The zero-order valence-corrected chi connectivity index (χ0v) is 20.4. The maximum Gasteiger partial charge on any atom is 0.340 e. The number of hydrogen-bond acceptors (Lipinski definition) is 8. The Balaban J connectivity index is 1.53. The SMILES string of the molecule is CC(=O)Nc1ccc2c(COC(=O)c3ccccc3NC(=O)c3ccc([N+](=O)[O-])cc3Cl)cc(=O)oc2c1. The lowest BCUT2D eigenvalue weighted by Gasteiger charge is -2.12. The van der Waals surface area contributed by atoms with E-state index in [0.29, 0.717) is 16.6 Å². The van der Waals surface area contributed by atoms with Gasteiger partial charge in [-0.15, -0.1) is 0 Å². The summed E-state index contributed by atoms with van der Waals surface area (Å²) in [4.78, 5) is 59.3. The van der Waals surface area contributed by atoms with Gasteiger partial charge in [0.25, 0.3) is 11.6 Å². The third kappa shape index (κ3) is 5.85. The molecule has 0 aliphatic rings. The number of carbonyl (C=O) groups is 3. The summed E-state index contributed by atoms with van der Waals surface area (Å²) in [6.45, 7) is 1.06. The van der Waals surface area contributed by atoms with Crippen LogP contribution in [0, 0.1) is 10.1 Å². The predicted octanol–water partition coefficient (Wildman–Crippen LogP) is 4.92. The number of carbonyl (C=O) groups excluding carboxylic acids is 3. The van der Waals surface area contributed by atoms with Crippen LogP contribution in [0.25, 0.3) is 11.0 Å². The summed E-state index contributed by atoms with van der Waals surface area (Å²) in [6, 6.07) is 15.4. The van der Waals surface area contributed by atoms with E-state index in [0.717, 1.165) is 12.1 Å². The number of nitro benzene ring substituents is 1. The van der Waals surface area contributed by atoms with Gasteiger partial charge >= 0.3 is 11.6 Å². The Kier molecular flexibility index (Phi) is 7.49. The quantitative estimate of drug-likeness (QED) is 0.146. The van der Waals surface area contributed by atoms with Gasteiger partial charge in [-0.25, -0.2) is 9.59 Å². The molecule has 11 nitrogen and oxygen atoms in total. The minimum absolute atomic E-state index is 0.0263. The minimum Gasteiger partial charge on any atom is -0.457 e. The molecule has 192 valence electrons. The van der Waals surface area contributed by atoms with Gasteiger partial charge < -0.3 is 19.8 Å².